The molecule has 138 valence electrons. The Kier molecular flexibility index (Phi) is 4.78. The fourth-order valence-electron chi connectivity index (χ4n) is 4.63. The number of aromatic nitrogens is 2. The molecule has 4 rings (SSSR count). The number of fused-ring (bicyclic) bond motifs is 1. The lowest BCUT2D eigenvalue weighted by Gasteiger charge is -2.38. The summed E-state index contributed by atoms with van der Waals surface area (Å²) in [5, 5.41) is 7.12. The number of likely N-dealkylation sites (tertiary alicyclic amines) is 2. The molecule has 26 heavy (non-hydrogen) atoms. The number of likely N-dealkylation sites (N-methyl/N-ethyl adjacent to an activating group) is 1. The van der Waals surface area contributed by atoms with E-state index in [0.717, 1.165) is 26.1 Å². The number of carbonyl (C=O) groups is 1. The topological polar surface area (TPSA) is 53.4 Å². The molecule has 1 aromatic carbocycles. The second-order valence-corrected chi connectivity index (χ2v) is 7.63. The Balaban J connectivity index is 1.40. The smallest absolute Gasteiger partial charge is 0.239 e. The molecule has 0 spiro atoms. The van der Waals surface area contributed by atoms with Gasteiger partial charge in [-0.1, -0.05) is 30.3 Å². The van der Waals surface area contributed by atoms with Crippen LogP contribution in [0, 0.1) is 5.92 Å². The molecule has 2 aromatic rings. The van der Waals surface area contributed by atoms with E-state index in [4.69, 9.17) is 0 Å². The Morgan fingerprint density at radius 2 is 2.00 bits per heavy atom. The van der Waals surface area contributed by atoms with Crippen molar-refractivity contribution in [2.45, 2.75) is 18.4 Å². The molecule has 0 saturated carbocycles. The van der Waals surface area contributed by atoms with Crippen molar-refractivity contribution in [2.75, 3.05) is 38.5 Å². The average Bonchev–Trinajstić information content (AvgIpc) is 3.18. The van der Waals surface area contributed by atoms with Gasteiger partial charge in [-0.15, -0.1) is 0 Å². The van der Waals surface area contributed by atoms with E-state index in [1.54, 1.807) is 4.68 Å². The number of anilines is 1. The molecule has 6 heteroatoms. The van der Waals surface area contributed by atoms with Gasteiger partial charge in [0.05, 0.1) is 6.54 Å². The Bertz CT molecular complexity index is 759. The lowest BCUT2D eigenvalue weighted by molar-refractivity contribution is -0.117. The van der Waals surface area contributed by atoms with E-state index in [1.165, 1.54) is 5.56 Å². The van der Waals surface area contributed by atoms with Crippen LogP contribution in [0.2, 0.25) is 0 Å². The van der Waals surface area contributed by atoms with Gasteiger partial charge in [-0.25, -0.2) is 0 Å². The van der Waals surface area contributed by atoms with E-state index in [9.17, 15) is 4.79 Å². The van der Waals surface area contributed by atoms with Crippen molar-refractivity contribution < 1.29 is 4.79 Å². The normalized spacial score (nSPS) is 26.6. The minimum absolute atomic E-state index is 0.0183. The Morgan fingerprint density at radius 1 is 1.19 bits per heavy atom. The molecule has 0 aliphatic carbocycles. The largest absolute Gasteiger partial charge is 0.308 e. The number of nitrogens with zero attached hydrogens (tertiary/aromatic N) is 4. The van der Waals surface area contributed by atoms with Gasteiger partial charge in [0.15, 0.2) is 5.82 Å². The predicted molar refractivity (Wildman–Crippen MR) is 102 cm³/mol. The number of amides is 1. The first-order chi connectivity index (χ1) is 12.6. The van der Waals surface area contributed by atoms with Gasteiger partial charge in [-0.3, -0.25) is 14.4 Å². The molecule has 1 N–H and O–H groups in total. The van der Waals surface area contributed by atoms with Gasteiger partial charge >= 0.3 is 0 Å². The number of hydrogen-bond acceptors (Lipinski definition) is 4. The second kappa shape index (κ2) is 7.21. The van der Waals surface area contributed by atoms with Crippen LogP contribution in [0.3, 0.4) is 0 Å². The van der Waals surface area contributed by atoms with E-state index >= 15 is 0 Å². The minimum atomic E-state index is 0.0183. The SMILES string of the molecule is CN1C[C@H](c2ccccc2)[C@H]2CN(CC(=O)Nc3ccn(C)n3)CC[C@H]21. The molecule has 2 fully saturated rings. The quantitative estimate of drug-likeness (QED) is 0.910. The summed E-state index contributed by atoms with van der Waals surface area (Å²) >= 11 is 0. The Morgan fingerprint density at radius 3 is 2.73 bits per heavy atom. The fourth-order valence-corrected chi connectivity index (χ4v) is 4.63. The van der Waals surface area contributed by atoms with Crippen LogP contribution in [0.1, 0.15) is 17.9 Å². The van der Waals surface area contributed by atoms with Crippen LogP contribution in [0.4, 0.5) is 5.82 Å². The lowest BCUT2D eigenvalue weighted by atomic mass is 9.82. The van der Waals surface area contributed by atoms with Crippen molar-refractivity contribution in [3.63, 3.8) is 0 Å². The zero-order valence-corrected chi connectivity index (χ0v) is 15.5. The summed E-state index contributed by atoms with van der Waals surface area (Å²) < 4.78 is 1.69. The molecule has 2 aliphatic rings. The highest BCUT2D eigenvalue weighted by atomic mass is 16.2. The van der Waals surface area contributed by atoms with Crippen molar-refractivity contribution >= 4 is 11.7 Å². The molecule has 1 aromatic heterocycles. The van der Waals surface area contributed by atoms with Crippen LogP contribution in [0.5, 0.6) is 0 Å². The van der Waals surface area contributed by atoms with Gasteiger partial charge in [-0.05, 0) is 24.9 Å². The first-order valence-electron chi connectivity index (χ1n) is 9.37. The molecule has 2 saturated heterocycles. The van der Waals surface area contributed by atoms with Crippen molar-refractivity contribution in [1.29, 1.82) is 0 Å². The molecular weight excluding hydrogens is 326 g/mol. The number of hydrogen-bond donors (Lipinski definition) is 1. The molecule has 0 unspecified atom stereocenters. The number of carbonyl (C=O) groups excluding carboxylic acids is 1. The van der Waals surface area contributed by atoms with Crippen LogP contribution >= 0.6 is 0 Å². The zero-order chi connectivity index (χ0) is 18.1. The average molecular weight is 353 g/mol. The maximum atomic E-state index is 12.4. The molecule has 3 heterocycles. The summed E-state index contributed by atoms with van der Waals surface area (Å²) in [4.78, 5) is 17.2. The molecule has 0 bridgehead atoms. The first kappa shape index (κ1) is 17.2. The second-order valence-electron chi connectivity index (χ2n) is 7.63. The third-order valence-corrected chi connectivity index (χ3v) is 5.85. The predicted octanol–water partition coefficient (Wildman–Crippen LogP) is 1.78. The van der Waals surface area contributed by atoms with E-state index in [0.29, 0.717) is 30.2 Å². The molecule has 1 amide bonds. The highest BCUT2D eigenvalue weighted by Gasteiger charge is 2.43. The van der Waals surface area contributed by atoms with E-state index in [1.807, 2.05) is 19.3 Å². The highest BCUT2D eigenvalue weighted by molar-refractivity contribution is 5.91. The van der Waals surface area contributed by atoms with Gasteiger partial charge in [0.2, 0.25) is 5.91 Å². The number of nitrogens with one attached hydrogen (secondary N) is 1. The fraction of sp³-hybridized carbons (Fsp3) is 0.500. The minimum Gasteiger partial charge on any atom is -0.308 e. The Labute approximate surface area is 154 Å². The third kappa shape index (κ3) is 3.52. The molecule has 6 nitrogen and oxygen atoms in total. The first-order valence-corrected chi connectivity index (χ1v) is 9.37. The zero-order valence-electron chi connectivity index (χ0n) is 15.5. The monoisotopic (exact) mass is 353 g/mol. The van der Waals surface area contributed by atoms with Gasteiger partial charge in [0, 0.05) is 50.9 Å². The van der Waals surface area contributed by atoms with E-state index < -0.39 is 0 Å². The van der Waals surface area contributed by atoms with Crippen LogP contribution in [0.25, 0.3) is 0 Å². The van der Waals surface area contributed by atoms with E-state index in [-0.39, 0.29) is 5.91 Å². The van der Waals surface area contributed by atoms with Gasteiger partial charge in [0.1, 0.15) is 0 Å². The van der Waals surface area contributed by atoms with Crippen molar-refractivity contribution in [3.8, 4) is 0 Å². The highest BCUT2D eigenvalue weighted by Crippen LogP contribution is 2.40. The van der Waals surface area contributed by atoms with Crippen molar-refractivity contribution in [1.82, 2.24) is 19.6 Å². The summed E-state index contributed by atoms with van der Waals surface area (Å²) in [7, 11) is 4.09. The Hall–Kier alpha value is -2.18. The third-order valence-electron chi connectivity index (χ3n) is 5.85. The van der Waals surface area contributed by atoms with Crippen LogP contribution in [-0.2, 0) is 11.8 Å². The van der Waals surface area contributed by atoms with Crippen LogP contribution < -0.4 is 5.32 Å². The van der Waals surface area contributed by atoms with Gasteiger partial charge < -0.3 is 10.2 Å². The molecular formula is C20H27N5O. The molecule has 2 aliphatic heterocycles. The van der Waals surface area contributed by atoms with Crippen LogP contribution in [-0.4, -0.2) is 64.8 Å². The summed E-state index contributed by atoms with van der Waals surface area (Å²) in [6, 6.07) is 13.3. The van der Waals surface area contributed by atoms with Gasteiger partial charge in [0.25, 0.3) is 0 Å². The van der Waals surface area contributed by atoms with Crippen molar-refractivity contribution in [2.24, 2.45) is 13.0 Å². The lowest BCUT2D eigenvalue weighted by Crippen LogP contribution is -2.47. The van der Waals surface area contributed by atoms with Gasteiger partial charge in [-0.2, -0.15) is 5.10 Å². The van der Waals surface area contributed by atoms with Crippen molar-refractivity contribution in [3.05, 3.63) is 48.2 Å². The number of aryl methyl sites for hydroxylation is 1. The number of rotatable bonds is 4. The summed E-state index contributed by atoms with van der Waals surface area (Å²) in [5.41, 5.74) is 1.42. The molecule has 3 atom stereocenters. The maximum absolute atomic E-state index is 12.4. The molecule has 0 radical (unpaired) electrons. The summed E-state index contributed by atoms with van der Waals surface area (Å²) in [6.07, 6.45) is 2.96. The van der Waals surface area contributed by atoms with Crippen LogP contribution in [0.15, 0.2) is 42.6 Å². The number of piperidine rings is 1. The standard InChI is InChI=1S/C20H27N5O/c1-23-12-16(15-6-4-3-5-7-15)17-13-25(11-8-18(17)23)14-20(26)21-19-9-10-24(2)22-19/h3-7,9-10,16-18H,8,11-14H2,1-2H3,(H,21,22,26)/t16-,17-,18-/m1/s1. The summed E-state index contributed by atoms with van der Waals surface area (Å²) in [6.45, 7) is 3.49. The number of benzene rings is 1. The maximum Gasteiger partial charge on any atom is 0.239 e. The van der Waals surface area contributed by atoms with E-state index in [2.05, 4.69) is 57.6 Å². The summed E-state index contributed by atoms with van der Waals surface area (Å²) in [5.74, 6) is 1.77.